The molecule has 0 saturated heterocycles. The van der Waals surface area contributed by atoms with E-state index in [1.165, 1.54) is 12.8 Å². The van der Waals surface area contributed by atoms with Crippen molar-refractivity contribution in [3.8, 4) is 0 Å². The predicted octanol–water partition coefficient (Wildman–Crippen LogP) is 1.01. The quantitative estimate of drug-likeness (QED) is 0.470. The molecule has 0 atom stereocenters. The smallest absolute Gasteiger partial charge is 0.0388 e. The van der Waals surface area contributed by atoms with Gasteiger partial charge in [-0.3, -0.25) is 4.99 Å². The summed E-state index contributed by atoms with van der Waals surface area (Å²) in [7, 11) is 0. The van der Waals surface area contributed by atoms with Gasteiger partial charge >= 0.3 is 0 Å². The van der Waals surface area contributed by atoms with Crippen molar-refractivity contribution >= 4 is 6.21 Å². The van der Waals surface area contributed by atoms with Gasteiger partial charge in [0.2, 0.25) is 0 Å². The Bertz CT molecular complexity index is 43.5. The Morgan fingerprint density at radius 3 is 2.50 bits per heavy atom. The van der Waals surface area contributed by atoms with Gasteiger partial charge < -0.3 is 6.15 Å². The first-order chi connectivity index (χ1) is 2.50. The zero-order chi connectivity index (χ0) is 3.54. The summed E-state index contributed by atoms with van der Waals surface area (Å²) < 4.78 is 0. The number of hydrogen-bond acceptors (Lipinski definition) is 2. The van der Waals surface area contributed by atoms with Crippen LogP contribution in [0, 0.1) is 0 Å². The molecule has 1 aliphatic heterocycles. The van der Waals surface area contributed by atoms with Crippen molar-refractivity contribution in [1.82, 2.24) is 6.15 Å². The lowest BCUT2D eigenvalue weighted by Crippen LogP contribution is -1.62. The largest absolute Gasteiger partial charge is 0.344 e. The van der Waals surface area contributed by atoms with E-state index >= 15 is 0 Å². The van der Waals surface area contributed by atoms with Gasteiger partial charge in [0.1, 0.15) is 0 Å². The molecular formula is C4H10N2. The van der Waals surface area contributed by atoms with Crippen molar-refractivity contribution in [2.45, 2.75) is 12.8 Å². The maximum Gasteiger partial charge on any atom is 0.0388 e. The molecule has 36 valence electrons. The molecule has 0 radical (unpaired) electrons. The lowest BCUT2D eigenvalue weighted by molar-refractivity contribution is 0.952. The van der Waals surface area contributed by atoms with Crippen molar-refractivity contribution < 1.29 is 0 Å². The van der Waals surface area contributed by atoms with Crippen molar-refractivity contribution in [2.24, 2.45) is 4.99 Å². The van der Waals surface area contributed by atoms with Gasteiger partial charge in [0.05, 0.1) is 0 Å². The van der Waals surface area contributed by atoms with E-state index in [9.17, 15) is 0 Å². The van der Waals surface area contributed by atoms with Crippen LogP contribution in [-0.2, 0) is 0 Å². The van der Waals surface area contributed by atoms with Gasteiger partial charge in [0, 0.05) is 6.54 Å². The van der Waals surface area contributed by atoms with Gasteiger partial charge in [-0.2, -0.15) is 0 Å². The van der Waals surface area contributed by atoms with Crippen LogP contribution >= 0.6 is 0 Å². The Morgan fingerprint density at radius 2 is 2.33 bits per heavy atom. The van der Waals surface area contributed by atoms with Crippen LogP contribution in [0.1, 0.15) is 12.8 Å². The zero-order valence-electron chi connectivity index (χ0n) is 3.85. The van der Waals surface area contributed by atoms with Gasteiger partial charge in [-0.05, 0) is 19.1 Å². The molecule has 0 aromatic rings. The van der Waals surface area contributed by atoms with E-state index in [-0.39, 0.29) is 6.15 Å². The zero-order valence-corrected chi connectivity index (χ0v) is 3.85. The normalized spacial score (nSPS) is 17.3. The highest BCUT2D eigenvalue weighted by Crippen LogP contribution is 1.92. The van der Waals surface area contributed by atoms with Crippen LogP contribution in [0.15, 0.2) is 4.99 Å². The number of nitrogens with zero attached hydrogens (tertiary/aromatic N) is 1. The summed E-state index contributed by atoms with van der Waals surface area (Å²) in [6, 6.07) is 0. The van der Waals surface area contributed by atoms with Gasteiger partial charge in [-0.15, -0.1) is 0 Å². The second kappa shape index (κ2) is 2.85. The third-order valence-electron chi connectivity index (χ3n) is 0.750. The predicted molar refractivity (Wildman–Crippen MR) is 27.6 cm³/mol. The Kier molecular flexibility index (Phi) is 2.67. The van der Waals surface area contributed by atoms with Gasteiger partial charge in [0.15, 0.2) is 0 Å². The summed E-state index contributed by atoms with van der Waals surface area (Å²) >= 11 is 0. The van der Waals surface area contributed by atoms with E-state index in [0.29, 0.717) is 0 Å². The Balaban J connectivity index is 0.000000250. The molecule has 0 fully saturated rings. The maximum absolute atomic E-state index is 3.96. The van der Waals surface area contributed by atoms with E-state index in [4.69, 9.17) is 0 Å². The topological polar surface area (TPSA) is 47.4 Å². The first-order valence-electron chi connectivity index (χ1n) is 1.98. The monoisotopic (exact) mass is 86.1 g/mol. The highest BCUT2D eigenvalue weighted by atomic mass is 14.7. The Morgan fingerprint density at radius 1 is 1.50 bits per heavy atom. The van der Waals surface area contributed by atoms with E-state index in [0.717, 1.165) is 6.54 Å². The molecule has 0 unspecified atom stereocenters. The average molecular weight is 86.1 g/mol. The number of hydrogen-bond donors (Lipinski definition) is 1. The van der Waals surface area contributed by atoms with Gasteiger partial charge in [0.25, 0.3) is 0 Å². The molecule has 0 spiro atoms. The molecule has 0 bridgehead atoms. The van der Waals surface area contributed by atoms with Crippen LogP contribution in [0.5, 0.6) is 0 Å². The Hall–Kier alpha value is -0.370. The molecule has 0 saturated carbocycles. The second-order valence-corrected chi connectivity index (χ2v) is 1.23. The lowest BCUT2D eigenvalue weighted by atomic mass is 10.4. The molecule has 2 heteroatoms. The van der Waals surface area contributed by atoms with Crippen LogP contribution < -0.4 is 6.15 Å². The van der Waals surface area contributed by atoms with E-state index in [1.807, 2.05) is 6.21 Å². The molecule has 0 aliphatic carbocycles. The van der Waals surface area contributed by atoms with Crippen LogP contribution in [-0.4, -0.2) is 12.8 Å². The minimum Gasteiger partial charge on any atom is -0.344 e. The fraction of sp³-hybridized carbons (Fsp3) is 0.750. The van der Waals surface area contributed by atoms with E-state index in [1.54, 1.807) is 0 Å². The summed E-state index contributed by atoms with van der Waals surface area (Å²) in [6.45, 7) is 1.07. The van der Waals surface area contributed by atoms with Crippen molar-refractivity contribution in [1.29, 1.82) is 0 Å². The van der Waals surface area contributed by atoms with Gasteiger partial charge in [-0.1, -0.05) is 0 Å². The SMILES string of the molecule is C1=NCCC1.N. The van der Waals surface area contributed by atoms with Crippen molar-refractivity contribution in [3.05, 3.63) is 0 Å². The molecule has 6 heavy (non-hydrogen) atoms. The highest BCUT2D eigenvalue weighted by molar-refractivity contribution is 5.58. The Labute approximate surface area is 37.9 Å². The summed E-state index contributed by atoms with van der Waals surface area (Å²) in [4.78, 5) is 3.96. The molecular weight excluding hydrogens is 76.1 g/mol. The molecule has 1 rings (SSSR count). The molecule has 1 heterocycles. The first-order valence-corrected chi connectivity index (χ1v) is 1.98. The first kappa shape index (κ1) is 5.63. The summed E-state index contributed by atoms with van der Waals surface area (Å²) in [6.07, 6.45) is 4.47. The molecule has 0 aromatic heterocycles. The van der Waals surface area contributed by atoms with Crippen LogP contribution in [0.4, 0.5) is 0 Å². The molecule has 2 nitrogen and oxygen atoms in total. The molecule has 0 aromatic carbocycles. The summed E-state index contributed by atoms with van der Waals surface area (Å²) in [5.41, 5.74) is 0. The maximum atomic E-state index is 3.96. The molecule has 3 N–H and O–H groups in total. The third-order valence-corrected chi connectivity index (χ3v) is 0.750. The number of aliphatic imine (C=N–C) groups is 1. The average Bonchev–Trinajstić information content (AvgIpc) is 1.76. The van der Waals surface area contributed by atoms with Crippen LogP contribution in [0.2, 0.25) is 0 Å². The van der Waals surface area contributed by atoms with Crippen LogP contribution in [0.3, 0.4) is 0 Å². The van der Waals surface area contributed by atoms with Crippen LogP contribution in [0.25, 0.3) is 0 Å². The van der Waals surface area contributed by atoms with E-state index in [2.05, 4.69) is 4.99 Å². The van der Waals surface area contributed by atoms with Gasteiger partial charge in [-0.25, -0.2) is 0 Å². The third kappa shape index (κ3) is 1.17. The highest BCUT2D eigenvalue weighted by Gasteiger charge is 1.85. The molecule has 0 amide bonds. The fourth-order valence-corrected chi connectivity index (χ4v) is 0.456. The summed E-state index contributed by atoms with van der Waals surface area (Å²) in [5.74, 6) is 0. The molecule has 1 aliphatic rings. The standard InChI is InChI=1S/C4H7N.H3N/c1-2-4-5-3-1;/h3H,1-2,4H2;1H3. The fourth-order valence-electron chi connectivity index (χ4n) is 0.456. The number of rotatable bonds is 0. The van der Waals surface area contributed by atoms with Crippen molar-refractivity contribution in [2.75, 3.05) is 6.54 Å². The minimum absolute atomic E-state index is 0. The lowest BCUT2D eigenvalue weighted by Gasteiger charge is -1.67. The van der Waals surface area contributed by atoms with E-state index < -0.39 is 0 Å². The minimum atomic E-state index is 0. The summed E-state index contributed by atoms with van der Waals surface area (Å²) in [5, 5.41) is 0. The second-order valence-electron chi connectivity index (χ2n) is 1.23. The van der Waals surface area contributed by atoms with Crippen molar-refractivity contribution in [3.63, 3.8) is 0 Å².